The number of hydrogen-bond acceptors (Lipinski definition) is 6. The summed E-state index contributed by atoms with van der Waals surface area (Å²) in [4.78, 5) is 43.5. The molecule has 8 heteroatoms. The minimum absolute atomic E-state index is 0.173. The number of carboxylic acid groups (broad SMARTS) is 1. The second-order valence-corrected chi connectivity index (χ2v) is 10.2. The van der Waals surface area contributed by atoms with Gasteiger partial charge in [0.2, 0.25) is 0 Å². The molecule has 4 rings (SSSR count). The van der Waals surface area contributed by atoms with Gasteiger partial charge in [-0.3, -0.25) is 9.36 Å². The number of fused-ring (bicyclic) bond motifs is 1. The van der Waals surface area contributed by atoms with Crippen molar-refractivity contribution in [2.45, 2.75) is 52.5 Å². The standard InChI is InChI=1S/C29H30N2O5S/c1-5-7-22-24(28(35)36-6-2)25(20-14-12-19(13-15-20)17(3)4)31-26(32)23(37-29(31)30-22)16-18-8-10-21(11-9-18)27(33)34/h8-17,25H,5-7H2,1-4H3,(H,33,34)/b23-16-/t25-/m0/s1. The van der Waals surface area contributed by atoms with E-state index in [0.29, 0.717) is 38.5 Å². The van der Waals surface area contributed by atoms with E-state index in [1.807, 2.05) is 31.2 Å². The van der Waals surface area contributed by atoms with Gasteiger partial charge in [0.15, 0.2) is 4.80 Å². The number of rotatable bonds is 8. The molecule has 3 aromatic rings. The highest BCUT2D eigenvalue weighted by molar-refractivity contribution is 7.07. The van der Waals surface area contributed by atoms with Crippen molar-refractivity contribution >= 4 is 29.4 Å². The van der Waals surface area contributed by atoms with Crippen LogP contribution in [0.2, 0.25) is 0 Å². The van der Waals surface area contributed by atoms with Crippen LogP contribution in [-0.2, 0) is 9.53 Å². The largest absolute Gasteiger partial charge is 0.478 e. The van der Waals surface area contributed by atoms with Gasteiger partial charge >= 0.3 is 11.9 Å². The van der Waals surface area contributed by atoms with Gasteiger partial charge in [-0.25, -0.2) is 14.6 Å². The van der Waals surface area contributed by atoms with Gasteiger partial charge in [0.05, 0.1) is 34.0 Å². The van der Waals surface area contributed by atoms with E-state index in [4.69, 9.17) is 14.8 Å². The highest BCUT2D eigenvalue weighted by Gasteiger charge is 2.34. The van der Waals surface area contributed by atoms with Crippen LogP contribution in [0.15, 0.2) is 69.6 Å². The van der Waals surface area contributed by atoms with Crippen LogP contribution >= 0.6 is 11.3 Å². The van der Waals surface area contributed by atoms with Gasteiger partial charge in [-0.2, -0.15) is 0 Å². The smallest absolute Gasteiger partial charge is 0.338 e. The first-order chi connectivity index (χ1) is 17.7. The maximum atomic E-state index is 13.8. The molecule has 1 aromatic heterocycles. The molecule has 1 aliphatic heterocycles. The third-order valence-electron chi connectivity index (χ3n) is 6.27. The van der Waals surface area contributed by atoms with E-state index in [1.54, 1.807) is 29.7 Å². The number of aromatic nitrogens is 1. The Morgan fingerprint density at radius 1 is 1.11 bits per heavy atom. The first-order valence-corrected chi connectivity index (χ1v) is 13.2. The second-order valence-electron chi connectivity index (χ2n) is 9.16. The van der Waals surface area contributed by atoms with Crippen LogP contribution in [0.25, 0.3) is 6.08 Å². The van der Waals surface area contributed by atoms with Gasteiger partial charge in [0, 0.05) is 0 Å². The van der Waals surface area contributed by atoms with Crippen LogP contribution < -0.4 is 14.9 Å². The van der Waals surface area contributed by atoms with Crippen molar-refractivity contribution in [1.29, 1.82) is 0 Å². The van der Waals surface area contributed by atoms with Crippen LogP contribution in [-0.4, -0.2) is 28.2 Å². The Morgan fingerprint density at radius 2 is 1.78 bits per heavy atom. The van der Waals surface area contributed by atoms with Crippen molar-refractivity contribution in [2.75, 3.05) is 6.61 Å². The first kappa shape index (κ1) is 26.3. The lowest BCUT2D eigenvalue weighted by atomic mass is 9.92. The number of esters is 1. The fourth-order valence-corrected chi connectivity index (χ4v) is 5.39. The van der Waals surface area contributed by atoms with Crippen LogP contribution in [0.1, 0.15) is 79.5 Å². The van der Waals surface area contributed by atoms with Crippen LogP contribution in [0.5, 0.6) is 0 Å². The fourth-order valence-electron chi connectivity index (χ4n) is 4.37. The molecule has 0 spiro atoms. The molecule has 0 bridgehead atoms. The highest BCUT2D eigenvalue weighted by atomic mass is 32.1. The molecular weight excluding hydrogens is 488 g/mol. The van der Waals surface area contributed by atoms with Gasteiger partial charge in [-0.1, -0.05) is 74.9 Å². The number of aromatic carboxylic acids is 1. The van der Waals surface area contributed by atoms with Gasteiger partial charge in [0.25, 0.3) is 5.56 Å². The van der Waals surface area contributed by atoms with E-state index in [0.717, 1.165) is 17.5 Å². The fraction of sp³-hybridized carbons (Fsp3) is 0.310. The van der Waals surface area contributed by atoms with E-state index in [9.17, 15) is 14.4 Å². The quantitative estimate of drug-likeness (QED) is 0.446. The third kappa shape index (κ3) is 5.34. The van der Waals surface area contributed by atoms with E-state index in [-0.39, 0.29) is 17.7 Å². The lowest BCUT2D eigenvalue weighted by Crippen LogP contribution is -2.40. The molecule has 2 heterocycles. The Balaban J connectivity index is 1.94. The summed E-state index contributed by atoms with van der Waals surface area (Å²) in [5.74, 6) is -1.13. The second kappa shape index (κ2) is 11.1. The number of ether oxygens (including phenoxy) is 1. The molecule has 0 radical (unpaired) electrons. The summed E-state index contributed by atoms with van der Waals surface area (Å²) in [6, 6.07) is 13.7. The normalized spacial score (nSPS) is 15.5. The van der Waals surface area contributed by atoms with E-state index >= 15 is 0 Å². The predicted octanol–water partition coefficient (Wildman–Crippen LogP) is 4.40. The summed E-state index contributed by atoms with van der Waals surface area (Å²) < 4.78 is 7.47. The van der Waals surface area contributed by atoms with Crippen molar-refractivity contribution in [2.24, 2.45) is 4.99 Å². The van der Waals surface area contributed by atoms with E-state index < -0.39 is 18.0 Å². The number of carbonyl (C=O) groups excluding carboxylic acids is 1. The van der Waals surface area contributed by atoms with E-state index in [1.165, 1.54) is 23.5 Å². The molecule has 1 aliphatic rings. The van der Waals surface area contributed by atoms with Gasteiger partial charge < -0.3 is 9.84 Å². The minimum atomic E-state index is -1.01. The Bertz CT molecular complexity index is 1530. The zero-order valence-corrected chi connectivity index (χ0v) is 22.2. The molecule has 0 amide bonds. The number of carbonyl (C=O) groups is 2. The van der Waals surface area contributed by atoms with Gasteiger partial charge in [-0.05, 0) is 54.2 Å². The molecule has 0 saturated carbocycles. The average molecular weight is 519 g/mol. The molecular formula is C29H30N2O5S. The van der Waals surface area contributed by atoms with Crippen molar-refractivity contribution in [3.63, 3.8) is 0 Å². The summed E-state index contributed by atoms with van der Waals surface area (Å²) in [6.45, 7) is 8.23. The zero-order chi connectivity index (χ0) is 26.7. The Morgan fingerprint density at radius 3 is 2.35 bits per heavy atom. The minimum Gasteiger partial charge on any atom is -0.478 e. The van der Waals surface area contributed by atoms with Crippen molar-refractivity contribution in [3.05, 3.63) is 102 Å². The number of hydrogen-bond donors (Lipinski definition) is 1. The maximum absolute atomic E-state index is 13.8. The molecule has 0 fully saturated rings. The van der Waals surface area contributed by atoms with Crippen LogP contribution in [0.4, 0.5) is 0 Å². The SMILES string of the molecule is CCCC1=C(C(=O)OCC)[C@H](c2ccc(C(C)C)cc2)n2c(s/c(=C\c3ccc(C(=O)O)cc3)c2=O)=N1. The number of allylic oxidation sites excluding steroid dienone is 1. The van der Waals surface area contributed by atoms with Crippen molar-refractivity contribution < 1.29 is 19.4 Å². The van der Waals surface area contributed by atoms with Gasteiger partial charge in [0.1, 0.15) is 0 Å². The number of nitrogens with zero attached hydrogens (tertiary/aromatic N) is 2. The van der Waals surface area contributed by atoms with Crippen molar-refractivity contribution in [1.82, 2.24) is 4.57 Å². The maximum Gasteiger partial charge on any atom is 0.338 e. The van der Waals surface area contributed by atoms with Crippen LogP contribution in [0, 0.1) is 0 Å². The Labute approximate surface area is 219 Å². The van der Waals surface area contributed by atoms with Crippen LogP contribution in [0.3, 0.4) is 0 Å². The first-order valence-electron chi connectivity index (χ1n) is 12.4. The summed E-state index contributed by atoms with van der Waals surface area (Å²) in [7, 11) is 0. The molecule has 0 aliphatic carbocycles. The summed E-state index contributed by atoms with van der Waals surface area (Å²) >= 11 is 1.26. The topological polar surface area (TPSA) is 98.0 Å². The van der Waals surface area contributed by atoms with E-state index in [2.05, 4.69) is 13.8 Å². The summed E-state index contributed by atoms with van der Waals surface area (Å²) in [5.41, 5.74) is 3.62. The molecule has 1 N–H and O–H groups in total. The monoisotopic (exact) mass is 518 g/mol. The molecule has 192 valence electrons. The number of carboxylic acids is 1. The zero-order valence-electron chi connectivity index (χ0n) is 21.4. The Kier molecular flexibility index (Phi) is 7.88. The van der Waals surface area contributed by atoms with Gasteiger partial charge in [-0.15, -0.1) is 0 Å². The molecule has 0 unspecified atom stereocenters. The third-order valence-corrected chi connectivity index (χ3v) is 7.25. The molecule has 37 heavy (non-hydrogen) atoms. The molecule has 0 saturated heterocycles. The summed E-state index contributed by atoms with van der Waals surface area (Å²) in [5, 5.41) is 9.16. The Hall–Kier alpha value is -3.78. The average Bonchev–Trinajstić information content (AvgIpc) is 3.18. The number of benzene rings is 2. The lowest BCUT2D eigenvalue weighted by molar-refractivity contribution is -0.139. The summed E-state index contributed by atoms with van der Waals surface area (Å²) in [6.07, 6.45) is 3.09. The van der Waals surface area contributed by atoms with Crippen molar-refractivity contribution in [3.8, 4) is 0 Å². The number of thiazole rings is 1. The highest BCUT2D eigenvalue weighted by Crippen LogP contribution is 2.33. The molecule has 1 atom stereocenters. The predicted molar refractivity (Wildman–Crippen MR) is 144 cm³/mol. The molecule has 2 aromatic carbocycles. The lowest BCUT2D eigenvalue weighted by Gasteiger charge is -2.26. The molecule has 7 nitrogen and oxygen atoms in total.